The summed E-state index contributed by atoms with van der Waals surface area (Å²) in [4.78, 5) is 11.7. The number of hydrogen-bond donors (Lipinski definition) is 0. The molecule has 6 heteroatoms. The highest BCUT2D eigenvalue weighted by Crippen LogP contribution is 2.16. The normalized spacial score (nSPS) is 10.5. The summed E-state index contributed by atoms with van der Waals surface area (Å²) in [6.07, 6.45) is 0. The number of tetrazole rings is 1. The molecule has 5 nitrogen and oxygen atoms in total. The summed E-state index contributed by atoms with van der Waals surface area (Å²) in [6.45, 7) is 2.32. The summed E-state index contributed by atoms with van der Waals surface area (Å²) in [5.74, 6) is 0. The largest absolute Gasteiger partial charge is 0.368 e. The zero-order chi connectivity index (χ0) is 10.8. The molecule has 0 aliphatic rings. The Hall–Kier alpha value is -1.62. The predicted octanol–water partition coefficient (Wildman–Crippen LogP) is 1.10. The van der Waals surface area contributed by atoms with Crippen molar-refractivity contribution in [3.05, 3.63) is 39.8 Å². The second-order valence-corrected chi connectivity index (χ2v) is 3.35. The van der Waals surface area contributed by atoms with Gasteiger partial charge in [-0.2, -0.15) is 9.36 Å². The van der Waals surface area contributed by atoms with Crippen LogP contribution in [0.25, 0.3) is 5.69 Å². The molecule has 0 atom stereocenters. The molecule has 0 amide bonds. The summed E-state index contributed by atoms with van der Waals surface area (Å²) >= 11 is 5.95. The van der Waals surface area contributed by atoms with Crippen LogP contribution in [-0.2, 0) is 6.54 Å². The van der Waals surface area contributed by atoms with Crippen LogP contribution in [0.4, 0.5) is 0 Å². The first-order valence-electron chi connectivity index (χ1n) is 4.51. The minimum Gasteiger partial charge on any atom is -0.244 e. The van der Waals surface area contributed by atoms with E-state index in [-0.39, 0.29) is 5.69 Å². The van der Waals surface area contributed by atoms with Gasteiger partial charge in [-0.1, -0.05) is 23.7 Å². The molecule has 0 aliphatic carbocycles. The second-order valence-electron chi connectivity index (χ2n) is 2.94. The van der Waals surface area contributed by atoms with E-state index in [0.717, 1.165) is 0 Å². The molecule has 0 unspecified atom stereocenters. The summed E-state index contributed by atoms with van der Waals surface area (Å²) in [5, 5.41) is 7.94. The van der Waals surface area contributed by atoms with Crippen molar-refractivity contribution < 1.29 is 0 Å². The number of aryl methyl sites for hydroxylation is 1. The summed E-state index contributed by atoms with van der Waals surface area (Å²) in [7, 11) is 0. The fraction of sp³-hybridized carbons (Fsp3) is 0.222. The number of hydrogen-bond acceptors (Lipinski definition) is 3. The van der Waals surface area contributed by atoms with E-state index in [0.29, 0.717) is 17.3 Å². The lowest BCUT2D eigenvalue weighted by Gasteiger charge is -1.99. The maximum atomic E-state index is 11.7. The third kappa shape index (κ3) is 1.66. The SMILES string of the molecule is CCn1nnn(-c2ccccc2Cl)c1=O. The Labute approximate surface area is 90.9 Å². The zero-order valence-electron chi connectivity index (χ0n) is 8.09. The highest BCUT2D eigenvalue weighted by atomic mass is 35.5. The van der Waals surface area contributed by atoms with E-state index in [2.05, 4.69) is 10.4 Å². The first-order valence-corrected chi connectivity index (χ1v) is 4.89. The Bertz CT molecular complexity index is 531. The van der Waals surface area contributed by atoms with Crippen molar-refractivity contribution in [3.8, 4) is 5.69 Å². The van der Waals surface area contributed by atoms with Crippen LogP contribution < -0.4 is 5.69 Å². The monoisotopic (exact) mass is 224 g/mol. The summed E-state index contributed by atoms with van der Waals surface area (Å²) < 4.78 is 2.45. The Morgan fingerprint density at radius 1 is 1.33 bits per heavy atom. The van der Waals surface area contributed by atoms with Crippen molar-refractivity contribution in [1.29, 1.82) is 0 Å². The molecule has 2 rings (SSSR count). The van der Waals surface area contributed by atoms with Gasteiger partial charge in [-0.3, -0.25) is 0 Å². The van der Waals surface area contributed by atoms with Gasteiger partial charge in [0, 0.05) is 6.54 Å². The predicted molar refractivity (Wildman–Crippen MR) is 56.3 cm³/mol. The van der Waals surface area contributed by atoms with Gasteiger partial charge in [0.1, 0.15) is 0 Å². The number of aromatic nitrogens is 4. The van der Waals surface area contributed by atoms with Gasteiger partial charge in [0.05, 0.1) is 10.7 Å². The number of rotatable bonds is 2. The van der Waals surface area contributed by atoms with Crippen molar-refractivity contribution in [2.75, 3.05) is 0 Å². The van der Waals surface area contributed by atoms with Crippen molar-refractivity contribution in [3.63, 3.8) is 0 Å². The lowest BCUT2D eigenvalue weighted by Crippen LogP contribution is -2.23. The number of para-hydroxylation sites is 1. The molecule has 0 radical (unpaired) electrons. The molecule has 0 aliphatic heterocycles. The highest BCUT2D eigenvalue weighted by Gasteiger charge is 2.09. The van der Waals surface area contributed by atoms with Gasteiger partial charge in [0.2, 0.25) is 0 Å². The number of halogens is 1. The van der Waals surface area contributed by atoms with Crippen LogP contribution in [0.5, 0.6) is 0 Å². The first-order chi connectivity index (χ1) is 7.24. The Balaban J connectivity index is 2.60. The quantitative estimate of drug-likeness (QED) is 0.768. The zero-order valence-corrected chi connectivity index (χ0v) is 8.85. The minimum absolute atomic E-state index is 0.286. The van der Waals surface area contributed by atoms with E-state index in [1.165, 1.54) is 9.36 Å². The molecule has 1 aromatic carbocycles. The first kappa shape index (κ1) is 9.92. The van der Waals surface area contributed by atoms with E-state index in [4.69, 9.17) is 11.6 Å². The molecule has 0 N–H and O–H groups in total. The van der Waals surface area contributed by atoms with Gasteiger partial charge in [-0.05, 0) is 29.5 Å². The summed E-state index contributed by atoms with van der Waals surface area (Å²) in [5.41, 5.74) is 0.259. The third-order valence-electron chi connectivity index (χ3n) is 2.02. The topological polar surface area (TPSA) is 52.7 Å². The van der Waals surface area contributed by atoms with Gasteiger partial charge in [0.25, 0.3) is 0 Å². The van der Waals surface area contributed by atoms with E-state index in [1.54, 1.807) is 24.3 Å². The van der Waals surface area contributed by atoms with Gasteiger partial charge in [-0.25, -0.2) is 4.79 Å². The summed E-state index contributed by atoms with van der Waals surface area (Å²) in [6, 6.07) is 7.01. The van der Waals surface area contributed by atoms with Gasteiger partial charge in [0.15, 0.2) is 0 Å². The van der Waals surface area contributed by atoms with Crippen molar-refractivity contribution in [2.24, 2.45) is 0 Å². The molecule has 1 heterocycles. The van der Waals surface area contributed by atoms with Gasteiger partial charge < -0.3 is 0 Å². The van der Waals surface area contributed by atoms with Gasteiger partial charge in [-0.15, -0.1) is 0 Å². The van der Waals surface area contributed by atoms with E-state index in [1.807, 2.05) is 6.92 Å². The molecular formula is C9H9ClN4O. The van der Waals surface area contributed by atoms with Crippen LogP contribution in [0.1, 0.15) is 6.92 Å². The second kappa shape index (κ2) is 3.86. The number of benzene rings is 1. The van der Waals surface area contributed by atoms with Crippen molar-refractivity contribution in [2.45, 2.75) is 13.5 Å². The van der Waals surface area contributed by atoms with E-state index >= 15 is 0 Å². The molecule has 15 heavy (non-hydrogen) atoms. The highest BCUT2D eigenvalue weighted by molar-refractivity contribution is 6.32. The Morgan fingerprint density at radius 3 is 2.67 bits per heavy atom. The van der Waals surface area contributed by atoms with Crippen LogP contribution in [0.3, 0.4) is 0 Å². The van der Waals surface area contributed by atoms with Crippen LogP contribution >= 0.6 is 11.6 Å². The van der Waals surface area contributed by atoms with Gasteiger partial charge >= 0.3 is 5.69 Å². The molecule has 0 spiro atoms. The molecule has 0 saturated carbocycles. The van der Waals surface area contributed by atoms with Crippen molar-refractivity contribution in [1.82, 2.24) is 19.8 Å². The number of nitrogens with zero attached hydrogens (tertiary/aromatic N) is 4. The fourth-order valence-corrected chi connectivity index (χ4v) is 1.46. The molecule has 1 aromatic heterocycles. The van der Waals surface area contributed by atoms with E-state index in [9.17, 15) is 4.79 Å². The Kier molecular flexibility index (Phi) is 2.55. The fourth-order valence-electron chi connectivity index (χ4n) is 1.25. The maximum Gasteiger partial charge on any atom is 0.368 e. The standard InChI is InChI=1S/C9H9ClN4O/c1-2-13-9(15)14(12-11-13)8-6-4-3-5-7(8)10/h3-6H,2H2,1H3. The molecule has 0 saturated heterocycles. The van der Waals surface area contributed by atoms with Crippen molar-refractivity contribution >= 4 is 11.6 Å². The Morgan fingerprint density at radius 2 is 2.07 bits per heavy atom. The maximum absolute atomic E-state index is 11.7. The molecule has 78 valence electrons. The molecule has 0 fully saturated rings. The van der Waals surface area contributed by atoms with Crippen LogP contribution in [0.15, 0.2) is 29.1 Å². The lowest BCUT2D eigenvalue weighted by molar-refractivity contribution is 0.609. The average molecular weight is 225 g/mol. The average Bonchev–Trinajstić information content (AvgIpc) is 2.60. The molecule has 2 aromatic rings. The molecule has 0 bridgehead atoms. The third-order valence-corrected chi connectivity index (χ3v) is 2.34. The van der Waals surface area contributed by atoms with Crippen LogP contribution in [0.2, 0.25) is 5.02 Å². The van der Waals surface area contributed by atoms with E-state index < -0.39 is 0 Å². The molecular weight excluding hydrogens is 216 g/mol. The van der Waals surface area contributed by atoms with Crippen LogP contribution in [-0.4, -0.2) is 19.8 Å². The lowest BCUT2D eigenvalue weighted by atomic mass is 10.3. The smallest absolute Gasteiger partial charge is 0.244 e. The minimum atomic E-state index is -0.286. The van der Waals surface area contributed by atoms with Crippen LogP contribution in [0, 0.1) is 0 Å².